The van der Waals surface area contributed by atoms with Gasteiger partial charge in [-0.2, -0.15) is 0 Å². The maximum atomic E-state index is 14.8. The number of aryl methyl sites for hydroxylation is 1. The van der Waals surface area contributed by atoms with Crippen molar-refractivity contribution in [1.82, 2.24) is 9.97 Å². The number of halogens is 1. The monoisotopic (exact) mass is 458 g/mol. The zero-order valence-electron chi connectivity index (χ0n) is 20.0. The Balaban J connectivity index is 1.50. The molecule has 5 nitrogen and oxygen atoms in total. The molecule has 1 amide bonds. The summed E-state index contributed by atoms with van der Waals surface area (Å²) in [6, 6.07) is 11.5. The summed E-state index contributed by atoms with van der Waals surface area (Å²) in [7, 11) is 0. The third-order valence-electron chi connectivity index (χ3n) is 6.97. The van der Waals surface area contributed by atoms with Crippen molar-refractivity contribution in [1.29, 1.82) is 0 Å². The van der Waals surface area contributed by atoms with Crippen LogP contribution in [0.4, 0.5) is 15.9 Å². The van der Waals surface area contributed by atoms with E-state index in [2.05, 4.69) is 28.6 Å². The molecule has 2 aromatic heterocycles. The van der Waals surface area contributed by atoms with Gasteiger partial charge < -0.3 is 10.6 Å². The zero-order chi connectivity index (χ0) is 23.9. The summed E-state index contributed by atoms with van der Waals surface area (Å²) in [5.74, 6) is 0.586. The summed E-state index contributed by atoms with van der Waals surface area (Å²) < 4.78 is 14.8. The van der Waals surface area contributed by atoms with Crippen LogP contribution < -0.4 is 10.6 Å². The largest absolute Gasteiger partial charge is 0.383 e. The summed E-state index contributed by atoms with van der Waals surface area (Å²) in [5.41, 5.74) is 6.67. The number of aromatic nitrogens is 2. The van der Waals surface area contributed by atoms with Gasteiger partial charge in [0.2, 0.25) is 5.91 Å². The number of rotatable bonds is 8. The lowest BCUT2D eigenvalue weighted by molar-refractivity contribution is -0.114. The highest BCUT2D eigenvalue weighted by molar-refractivity contribution is 5.88. The molecule has 2 aliphatic carbocycles. The molecule has 0 radical (unpaired) electrons. The van der Waals surface area contributed by atoms with Gasteiger partial charge in [0.25, 0.3) is 0 Å². The average Bonchev–Trinajstić information content (AvgIpc) is 3.72. The highest BCUT2D eigenvalue weighted by Crippen LogP contribution is 2.48. The van der Waals surface area contributed by atoms with Gasteiger partial charge in [-0.15, -0.1) is 0 Å². The van der Waals surface area contributed by atoms with Crippen molar-refractivity contribution in [3.05, 3.63) is 59.7 Å². The summed E-state index contributed by atoms with van der Waals surface area (Å²) in [6.45, 7) is 6.48. The van der Waals surface area contributed by atoms with E-state index in [4.69, 9.17) is 4.98 Å². The maximum absolute atomic E-state index is 14.8. The van der Waals surface area contributed by atoms with E-state index in [9.17, 15) is 9.18 Å². The third-order valence-corrected chi connectivity index (χ3v) is 6.97. The van der Waals surface area contributed by atoms with Crippen LogP contribution in [0.25, 0.3) is 22.4 Å². The third kappa shape index (κ3) is 5.11. The van der Waals surface area contributed by atoms with Gasteiger partial charge in [0.1, 0.15) is 11.6 Å². The number of benzene rings is 1. The fourth-order valence-electron chi connectivity index (χ4n) is 4.36. The Kier molecular flexibility index (Phi) is 5.84. The van der Waals surface area contributed by atoms with Crippen molar-refractivity contribution in [2.45, 2.75) is 58.8 Å². The van der Waals surface area contributed by atoms with Crippen LogP contribution in [0.5, 0.6) is 0 Å². The first kappa shape index (κ1) is 22.5. The van der Waals surface area contributed by atoms with Gasteiger partial charge >= 0.3 is 0 Å². The Bertz CT molecular complexity index is 1250. The molecule has 176 valence electrons. The van der Waals surface area contributed by atoms with E-state index in [0.717, 1.165) is 59.4 Å². The number of nitrogens with one attached hydrogen (secondary N) is 2. The van der Waals surface area contributed by atoms with Crippen molar-refractivity contribution in [3.63, 3.8) is 0 Å². The topological polar surface area (TPSA) is 66.9 Å². The smallest absolute Gasteiger partial charge is 0.222 e. The minimum absolute atomic E-state index is 0.164. The maximum Gasteiger partial charge on any atom is 0.222 e. The van der Waals surface area contributed by atoms with Crippen molar-refractivity contribution < 1.29 is 9.18 Å². The molecule has 1 aromatic carbocycles. The molecular weight excluding hydrogens is 427 g/mol. The second kappa shape index (κ2) is 8.82. The number of amides is 1. The van der Waals surface area contributed by atoms with Crippen LogP contribution in [0.3, 0.4) is 0 Å². The van der Waals surface area contributed by atoms with Crippen LogP contribution in [0.1, 0.15) is 63.1 Å². The molecular formula is C28H31FN4O. The summed E-state index contributed by atoms with van der Waals surface area (Å²) in [5, 5.41) is 6.07. The number of nitrogens with zero attached hydrogens (tertiary/aromatic N) is 2. The highest BCUT2D eigenvalue weighted by atomic mass is 19.1. The molecule has 0 atom stereocenters. The predicted octanol–water partition coefficient (Wildman–Crippen LogP) is 6.70. The number of pyridine rings is 2. The zero-order valence-corrected chi connectivity index (χ0v) is 20.0. The lowest BCUT2D eigenvalue weighted by Crippen LogP contribution is -2.08. The standard InChI is InChI=1S/C28H31FN4O/c1-17-12-23(29)26(30-11-9-28(3)7-8-28)16-22(17)21-13-24(19-4-5-19)33-25(14-21)20-6-10-31-27(15-20)32-18(2)34/h6,10,12-16,19,30H,4-5,7-9,11H2,1-3H3,(H,31,32,34). The van der Waals surface area contributed by atoms with Crippen LogP contribution in [0.15, 0.2) is 42.6 Å². The molecule has 0 aliphatic heterocycles. The number of hydrogen-bond donors (Lipinski definition) is 2. The van der Waals surface area contributed by atoms with Gasteiger partial charge in [-0.3, -0.25) is 9.78 Å². The van der Waals surface area contributed by atoms with Gasteiger partial charge in [0.05, 0.1) is 11.4 Å². The van der Waals surface area contributed by atoms with Crippen LogP contribution in [-0.4, -0.2) is 22.4 Å². The van der Waals surface area contributed by atoms with Crippen molar-refractivity contribution in [3.8, 4) is 22.4 Å². The molecule has 3 aromatic rings. The molecule has 5 rings (SSSR count). The SMILES string of the molecule is CC(=O)Nc1cc(-c2cc(-c3cc(NCCC4(C)CC4)c(F)cc3C)cc(C3CC3)n2)ccn1. The molecule has 2 fully saturated rings. The molecule has 0 saturated heterocycles. The first-order chi connectivity index (χ1) is 16.3. The van der Waals surface area contributed by atoms with Crippen LogP contribution in [0.2, 0.25) is 0 Å². The first-order valence-electron chi connectivity index (χ1n) is 12.1. The van der Waals surface area contributed by atoms with Gasteiger partial charge in [-0.05, 0) is 97.5 Å². The average molecular weight is 459 g/mol. The molecule has 0 spiro atoms. The van der Waals surface area contributed by atoms with Gasteiger partial charge in [0.15, 0.2) is 0 Å². The van der Waals surface area contributed by atoms with Crippen molar-refractivity contribution >= 4 is 17.4 Å². The molecule has 34 heavy (non-hydrogen) atoms. The molecule has 6 heteroatoms. The second-order valence-electron chi connectivity index (χ2n) is 10.2. The molecule has 0 unspecified atom stereocenters. The number of anilines is 2. The first-order valence-corrected chi connectivity index (χ1v) is 12.1. The van der Waals surface area contributed by atoms with Gasteiger partial charge in [-0.25, -0.2) is 9.37 Å². The van der Waals surface area contributed by atoms with Crippen molar-refractivity contribution in [2.75, 3.05) is 17.2 Å². The van der Waals surface area contributed by atoms with E-state index in [-0.39, 0.29) is 11.7 Å². The fraction of sp³-hybridized carbons (Fsp3) is 0.393. The van der Waals surface area contributed by atoms with Gasteiger partial charge in [0, 0.05) is 36.8 Å². The Morgan fingerprint density at radius 2 is 1.94 bits per heavy atom. The summed E-state index contributed by atoms with van der Waals surface area (Å²) >= 11 is 0. The van der Waals surface area contributed by atoms with E-state index in [0.29, 0.717) is 22.8 Å². The fourth-order valence-corrected chi connectivity index (χ4v) is 4.36. The van der Waals surface area contributed by atoms with Crippen LogP contribution in [0, 0.1) is 18.2 Å². The summed E-state index contributed by atoms with van der Waals surface area (Å²) in [4.78, 5) is 20.6. The highest BCUT2D eigenvalue weighted by Gasteiger charge is 2.36. The Morgan fingerprint density at radius 3 is 2.65 bits per heavy atom. The number of carbonyl (C=O) groups is 1. The van der Waals surface area contributed by atoms with Gasteiger partial charge in [-0.1, -0.05) is 6.92 Å². The lowest BCUT2D eigenvalue weighted by atomic mass is 9.96. The summed E-state index contributed by atoms with van der Waals surface area (Å²) in [6.07, 6.45) is 7.53. The second-order valence-corrected chi connectivity index (χ2v) is 10.2. The minimum Gasteiger partial charge on any atom is -0.383 e. The van der Waals surface area contributed by atoms with E-state index >= 15 is 0 Å². The molecule has 2 saturated carbocycles. The molecule has 0 bridgehead atoms. The predicted molar refractivity (Wildman–Crippen MR) is 134 cm³/mol. The van der Waals surface area contributed by atoms with E-state index < -0.39 is 0 Å². The molecule has 2 N–H and O–H groups in total. The van der Waals surface area contributed by atoms with Crippen molar-refractivity contribution in [2.24, 2.45) is 5.41 Å². The molecule has 2 heterocycles. The molecule has 2 aliphatic rings. The lowest BCUT2D eigenvalue weighted by Gasteiger charge is -2.16. The Hall–Kier alpha value is -3.28. The minimum atomic E-state index is -0.215. The van der Waals surface area contributed by atoms with Crippen LogP contribution in [-0.2, 0) is 4.79 Å². The Labute approximate surface area is 200 Å². The van der Waals surface area contributed by atoms with E-state index in [1.807, 2.05) is 31.2 Å². The number of carbonyl (C=O) groups excluding carboxylic acids is 1. The van der Waals surface area contributed by atoms with E-state index in [1.54, 1.807) is 12.3 Å². The number of hydrogen-bond acceptors (Lipinski definition) is 4. The van der Waals surface area contributed by atoms with Crippen LogP contribution >= 0.6 is 0 Å². The normalized spacial score (nSPS) is 16.2. The Morgan fingerprint density at radius 1 is 1.15 bits per heavy atom. The quantitative estimate of drug-likeness (QED) is 0.394. The van der Waals surface area contributed by atoms with E-state index in [1.165, 1.54) is 19.8 Å².